The molecule has 5 atom stereocenters. The molecule has 2 aliphatic heterocycles. The van der Waals surface area contributed by atoms with Crippen LogP contribution in [0, 0.1) is 5.82 Å². The molecule has 37 heavy (non-hydrogen) atoms. The fourth-order valence-electron chi connectivity index (χ4n) is 5.57. The molecule has 2 fully saturated rings. The van der Waals surface area contributed by atoms with Crippen LogP contribution in [0.15, 0.2) is 30.5 Å². The number of pyridine rings is 1. The first-order chi connectivity index (χ1) is 17.9. The second kappa shape index (κ2) is 8.66. The Balaban J connectivity index is 1.12. The molecule has 5 heterocycles. The molecule has 10 nitrogen and oxygen atoms in total. The Labute approximate surface area is 215 Å². The maximum atomic E-state index is 15.3. The molecule has 0 spiro atoms. The van der Waals surface area contributed by atoms with Crippen molar-refractivity contribution < 1.29 is 23.7 Å². The number of aromatic nitrogens is 5. The van der Waals surface area contributed by atoms with E-state index in [4.69, 9.17) is 25.8 Å². The van der Waals surface area contributed by atoms with Gasteiger partial charge < -0.3 is 29.6 Å². The summed E-state index contributed by atoms with van der Waals surface area (Å²) >= 11 is 6.54. The minimum absolute atomic E-state index is 0.219. The van der Waals surface area contributed by atoms with Gasteiger partial charge in [-0.25, -0.2) is 9.37 Å². The molecule has 0 amide bonds. The smallest absolute Gasteiger partial charge is 0.296 e. The molecule has 1 unspecified atom stereocenters. The average molecular weight is 527 g/mol. The molecule has 1 aromatic carbocycles. The molecule has 1 aliphatic carbocycles. The van der Waals surface area contributed by atoms with Crippen molar-refractivity contribution >= 4 is 28.6 Å². The van der Waals surface area contributed by atoms with Gasteiger partial charge in [-0.2, -0.15) is 10.1 Å². The molecule has 7 rings (SSSR count). The third-order valence-electron chi connectivity index (χ3n) is 7.34. The molecule has 3 N–H and O–H groups in total. The quantitative estimate of drug-likeness (QED) is 0.363. The fourth-order valence-corrected chi connectivity index (χ4v) is 5.78. The topological polar surface area (TPSA) is 119 Å². The van der Waals surface area contributed by atoms with Crippen molar-refractivity contribution in [3.8, 4) is 17.3 Å². The molecule has 0 radical (unpaired) electrons. The van der Waals surface area contributed by atoms with E-state index < -0.39 is 18.3 Å². The van der Waals surface area contributed by atoms with Crippen LogP contribution in [0.2, 0.25) is 5.02 Å². The second-order valence-corrected chi connectivity index (χ2v) is 10.1. The summed E-state index contributed by atoms with van der Waals surface area (Å²) in [5, 5.41) is 17.8. The number of halogens is 2. The van der Waals surface area contributed by atoms with Crippen molar-refractivity contribution in [3.63, 3.8) is 0 Å². The lowest BCUT2D eigenvalue weighted by Gasteiger charge is -2.17. The minimum Gasteiger partial charge on any atom is -0.456 e. The summed E-state index contributed by atoms with van der Waals surface area (Å²) < 4.78 is 34.2. The van der Waals surface area contributed by atoms with Gasteiger partial charge in [0.15, 0.2) is 11.8 Å². The van der Waals surface area contributed by atoms with Gasteiger partial charge in [-0.05, 0) is 42.7 Å². The summed E-state index contributed by atoms with van der Waals surface area (Å²) in [5.41, 5.74) is 4.26. The Morgan fingerprint density at radius 2 is 2.08 bits per heavy atom. The molecule has 2 saturated heterocycles. The molecule has 12 heteroatoms. The highest BCUT2D eigenvalue weighted by Gasteiger charge is 2.48. The number of benzene rings is 1. The molecular formula is C25H24ClFN6O4. The van der Waals surface area contributed by atoms with Gasteiger partial charge in [-0.1, -0.05) is 11.6 Å². The van der Waals surface area contributed by atoms with Crippen LogP contribution in [-0.4, -0.2) is 67.5 Å². The van der Waals surface area contributed by atoms with Crippen molar-refractivity contribution in [3.05, 3.63) is 52.4 Å². The van der Waals surface area contributed by atoms with Gasteiger partial charge in [-0.15, -0.1) is 0 Å². The molecule has 192 valence electrons. The Morgan fingerprint density at radius 1 is 1.22 bits per heavy atom. The highest BCUT2D eigenvalue weighted by Crippen LogP contribution is 2.39. The van der Waals surface area contributed by atoms with E-state index in [1.165, 1.54) is 0 Å². The monoisotopic (exact) mass is 526 g/mol. The number of aromatic amines is 1. The van der Waals surface area contributed by atoms with Gasteiger partial charge in [0.05, 0.1) is 35.5 Å². The third-order valence-corrected chi connectivity index (χ3v) is 7.63. The number of ether oxygens (including phenoxy) is 3. The number of imidazole rings is 1. The van der Waals surface area contributed by atoms with Crippen LogP contribution in [0.25, 0.3) is 22.4 Å². The maximum absolute atomic E-state index is 15.3. The first-order valence-electron chi connectivity index (χ1n) is 12.2. The van der Waals surface area contributed by atoms with Gasteiger partial charge in [0.2, 0.25) is 0 Å². The third kappa shape index (κ3) is 3.84. The second-order valence-electron chi connectivity index (χ2n) is 9.66. The fraction of sp³-hybridized carbons (Fsp3) is 0.400. The maximum Gasteiger partial charge on any atom is 0.296 e. The highest BCUT2D eigenvalue weighted by molar-refractivity contribution is 6.33. The van der Waals surface area contributed by atoms with Crippen molar-refractivity contribution in [2.24, 2.45) is 7.05 Å². The predicted octanol–water partition coefficient (Wildman–Crippen LogP) is 3.16. The lowest BCUT2D eigenvalue weighted by atomic mass is 10.0. The van der Waals surface area contributed by atoms with Gasteiger partial charge in [-0.3, -0.25) is 4.68 Å². The zero-order chi connectivity index (χ0) is 25.3. The van der Waals surface area contributed by atoms with Crippen LogP contribution in [0.1, 0.15) is 23.6 Å². The zero-order valence-electron chi connectivity index (χ0n) is 19.8. The number of nitrogens with one attached hydrogen (secondary N) is 2. The first-order valence-corrected chi connectivity index (χ1v) is 12.5. The molecule has 0 bridgehead atoms. The Kier molecular flexibility index (Phi) is 5.36. The molecular weight excluding hydrogens is 503 g/mol. The number of aryl methyl sites for hydroxylation is 2. The van der Waals surface area contributed by atoms with Crippen LogP contribution < -0.4 is 10.1 Å². The summed E-state index contributed by atoms with van der Waals surface area (Å²) in [5.74, 6) is 0.152. The molecule has 4 aromatic rings. The predicted molar refractivity (Wildman–Crippen MR) is 132 cm³/mol. The van der Waals surface area contributed by atoms with E-state index in [1.54, 1.807) is 23.0 Å². The number of hydrogen-bond acceptors (Lipinski definition) is 8. The SMILES string of the molecule is Cn1nccc1-c1cc(F)c2c(c1)CCC2Nc1nc2nc(O[C@@H]3CO[C@H]4[C@@H]3OC[C@H]4O)[nH]c2cc1Cl. The summed E-state index contributed by atoms with van der Waals surface area (Å²) in [6.45, 7) is 0.510. The normalized spacial score (nSPS) is 26.5. The van der Waals surface area contributed by atoms with Gasteiger partial charge in [0.25, 0.3) is 6.01 Å². The van der Waals surface area contributed by atoms with Crippen LogP contribution >= 0.6 is 11.6 Å². The number of rotatable bonds is 5. The number of aliphatic hydroxyl groups excluding tert-OH is 1. The van der Waals surface area contributed by atoms with E-state index in [-0.39, 0.29) is 30.6 Å². The van der Waals surface area contributed by atoms with Gasteiger partial charge >= 0.3 is 0 Å². The van der Waals surface area contributed by atoms with E-state index in [0.29, 0.717) is 40.6 Å². The van der Waals surface area contributed by atoms with Gasteiger partial charge in [0, 0.05) is 24.4 Å². The Hall–Kier alpha value is -3.25. The molecule has 3 aliphatic rings. The van der Waals surface area contributed by atoms with Crippen molar-refractivity contribution in [1.29, 1.82) is 0 Å². The van der Waals surface area contributed by atoms with Crippen LogP contribution in [0.4, 0.5) is 10.2 Å². The number of aliphatic hydroxyl groups is 1. The van der Waals surface area contributed by atoms with Crippen LogP contribution in [0.5, 0.6) is 6.01 Å². The van der Waals surface area contributed by atoms with Crippen molar-refractivity contribution in [2.45, 2.75) is 43.3 Å². The first kappa shape index (κ1) is 22.9. The summed E-state index contributed by atoms with van der Waals surface area (Å²) in [6, 6.07) is 7.15. The summed E-state index contributed by atoms with van der Waals surface area (Å²) in [6.07, 6.45) is 1.34. The van der Waals surface area contributed by atoms with E-state index in [2.05, 4.69) is 25.4 Å². The minimum atomic E-state index is -0.657. The largest absolute Gasteiger partial charge is 0.456 e. The lowest BCUT2D eigenvalue weighted by Crippen LogP contribution is -2.34. The number of nitrogens with zero attached hydrogens (tertiary/aromatic N) is 4. The van der Waals surface area contributed by atoms with Crippen molar-refractivity contribution in [1.82, 2.24) is 24.7 Å². The summed E-state index contributed by atoms with van der Waals surface area (Å²) in [4.78, 5) is 12.1. The number of hydrogen-bond donors (Lipinski definition) is 3. The van der Waals surface area contributed by atoms with Gasteiger partial charge in [0.1, 0.15) is 29.9 Å². The Bertz CT molecular complexity index is 1510. The van der Waals surface area contributed by atoms with E-state index in [1.807, 2.05) is 19.2 Å². The van der Waals surface area contributed by atoms with Crippen molar-refractivity contribution in [2.75, 3.05) is 18.5 Å². The summed E-state index contributed by atoms with van der Waals surface area (Å²) in [7, 11) is 1.84. The molecule has 0 saturated carbocycles. The van der Waals surface area contributed by atoms with Crippen LogP contribution in [-0.2, 0) is 22.9 Å². The highest BCUT2D eigenvalue weighted by atomic mass is 35.5. The van der Waals surface area contributed by atoms with Crippen LogP contribution in [0.3, 0.4) is 0 Å². The number of H-pyrrole nitrogens is 1. The number of fused-ring (bicyclic) bond motifs is 3. The Morgan fingerprint density at radius 3 is 2.92 bits per heavy atom. The van der Waals surface area contributed by atoms with E-state index in [9.17, 15) is 5.11 Å². The van der Waals surface area contributed by atoms with E-state index >= 15 is 4.39 Å². The average Bonchev–Trinajstić information content (AvgIpc) is 3.67. The molecule has 3 aromatic heterocycles. The standard InChI is InChI=1S/C25H24ClFN6O4/c1-33-17(4-5-28-33)12-6-11-2-3-15(20(11)14(27)7-12)29-23-13(26)8-16-24(31-23)32-25(30-16)37-19-10-36-21-18(34)9-35-22(19)21/h4-8,15,18-19,21-22,34H,2-3,9-10H2,1H3,(H2,29,30,31,32)/t15?,18-,19-,21-,22-/m1/s1. The van der Waals surface area contributed by atoms with E-state index in [0.717, 1.165) is 23.2 Å². The number of anilines is 1. The zero-order valence-corrected chi connectivity index (χ0v) is 20.6. The lowest BCUT2D eigenvalue weighted by molar-refractivity contribution is 0.00706.